The molecule has 4 nitrogen and oxygen atoms in total. The molecule has 3 unspecified atom stereocenters. The van der Waals surface area contributed by atoms with Gasteiger partial charge in [-0.25, -0.2) is 0 Å². The fourth-order valence-electron chi connectivity index (χ4n) is 2.87. The highest BCUT2D eigenvalue weighted by Gasteiger charge is 2.46. The summed E-state index contributed by atoms with van der Waals surface area (Å²) >= 11 is 2.33. The zero-order chi connectivity index (χ0) is 12.3. The van der Waals surface area contributed by atoms with Crippen molar-refractivity contribution in [2.24, 2.45) is 5.41 Å². The highest BCUT2D eigenvalue weighted by Crippen LogP contribution is 2.44. The third-order valence-electron chi connectivity index (χ3n) is 3.55. The van der Waals surface area contributed by atoms with E-state index >= 15 is 0 Å². The summed E-state index contributed by atoms with van der Waals surface area (Å²) in [7, 11) is 0. The molecule has 2 aliphatic rings. The molecule has 1 spiro atoms. The van der Waals surface area contributed by atoms with Crippen molar-refractivity contribution >= 4 is 28.6 Å². The SMILES string of the molecule is O=C1CC2(CO1)CC(O)CC(OCCCI)C2. The van der Waals surface area contributed by atoms with E-state index in [1.165, 1.54) is 0 Å². The van der Waals surface area contributed by atoms with Gasteiger partial charge in [0.1, 0.15) is 0 Å². The van der Waals surface area contributed by atoms with E-state index in [4.69, 9.17) is 9.47 Å². The van der Waals surface area contributed by atoms with E-state index < -0.39 is 0 Å². The molecule has 0 bridgehead atoms. The van der Waals surface area contributed by atoms with Crippen LogP contribution in [-0.4, -0.2) is 40.9 Å². The van der Waals surface area contributed by atoms with Crippen molar-refractivity contribution in [2.45, 2.75) is 44.3 Å². The van der Waals surface area contributed by atoms with Crippen molar-refractivity contribution in [1.29, 1.82) is 0 Å². The Balaban J connectivity index is 1.90. The molecule has 1 aliphatic carbocycles. The van der Waals surface area contributed by atoms with Gasteiger partial charge in [0.15, 0.2) is 0 Å². The average molecular weight is 354 g/mol. The van der Waals surface area contributed by atoms with Gasteiger partial charge in [0.2, 0.25) is 0 Å². The van der Waals surface area contributed by atoms with Crippen LogP contribution in [0.25, 0.3) is 0 Å². The first-order valence-electron chi connectivity index (χ1n) is 6.15. The first-order chi connectivity index (χ1) is 8.13. The molecule has 98 valence electrons. The molecule has 0 aromatic rings. The quantitative estimate of drug-likeness (QED) is 0.361. The second-order valence-electron chi connectivity index (χ2n) is 5.17. The number of rotatable bonds is 4. The van der Waals surface area contributed by atoms with E-state index in [2.05, 4.69) is 22.6 Å². The largest absolute Gasteiger partial charge is 0.465 e. The molecule has 3 atom stereocenters. The third kappa shape index (κ3) is 3.54. The number of alkyl halides is 1. The number of ether oxygens (including phenoxy) is 2. The Morgan fingerprint density at radius 3 is 3.00 bits per heavy atom. The van der Waals surface area contributed by atoms with Crippen LogP contribution in [0.15, 0.2) is 0 Å². The molecule has 17 heavy (non-hydrogen) atoms. The van der Waals surface area contributed by atoms with Gasteiger partial charge < -0.3 is 14.6 Å². The number of esters is 1. The number of aliphatic hydroxyl groups is 1. The summed E-state index contributed by atoms with van der Waals surface area (Å²) in [6.07, 6.45) is 3.41. The standard InChI is InChI=1S/C12H19IO4/c13-2-1-3-16-10-4-9(14)5-12(6-10)7-11(15)17-8-12/h9-10,14H,1-8H2. The second kappa shape index (κ2) is 5.84. The number of hydrogen-bond acceptors (Lipinski definition) is 4. The number of carbonyl (C=O) groups is 1. The van der Waals surface area contributed by atoms with E-state index in [1.807, 2.05) is 0 Å². The fourth-order valence-corrected chi connectivity index (χ4v) is 3.18. The first-order valence-corrected chi connectivity index (χ1v) is 7.67. The molecular formula is C12H19IO4. The minimum Gasteiger partial charge on any atom is -0.465 e. The lowest BCUT2D eigenvalue weighted by Crippen LogP contribution is -2.40. The number of carbonyl (C=O) groups excluding carboxylic acids is 1. The topological polar surface area (TPSA) is 55.8 Å². The monoisotopic (exact) mass is 354 g/mol. The molecule has 5 heteroatoms. The molecule has 0 aromatic heterocycles. The predicted molar refractivity (Wildman–Crippen MR) is 71.1 cm³/mol. The summed E-state index contributed by atoms with van der Waals surface area (Å²) < 4.78 is 11.9. The van der Waals surface area contributed by atoms with Crippen molar-refractivity contribution in [3.63, 3.8) is 0 Å². The molecule has 0 amide bonds. The van der Waals surface area contributed by atoms with Crippen molar-refractivity contribution in [1.82, 2.24) is 0 Å². The lowest BCUT2D eigenvalue weighted by Gasteiger charge is -2.38. The molecule has 0 radical (unpaired) electrons. The Labute approximate surface area is 115 Å². The van der Waals surface area contributed by atoms with Gasteiger partial charge >= 0.3 is 5.97 Å². The van der Waals surface area contributed by atoms with Crippen LogP contribution in [0.1, 0.15) is 32.1 Å². The minimum absolute atomic E-state index is 0.0798. The maximum atomic E-state index is 11.2. The summed E-state index contributed by atoms with van der Waals surface area (Å²) in [5.41, 5.74) is -0.163. The molecular weight excluding hydrogens is 335 g/mol. The van der Waals surface area contributed by atoms with Crippen LogP contribution in [0.5, 0.6) is 0 Å². The maximum absolute atomic E-state index is 11.2. The fraction of sp³-hybridized carbons (Fsp3) is 0.917. The van der Waals surface area contributed by atoms with Gasteiger partial charge in [-0.05, 0) is 25.7 Å². The van der Waals surface area contributed by atoms with Gasteiger partial charge in [0, 0.05) is 16.4 Å². The van der Waals surface area contributed by atoms with Crippen LogP contribution < -0.4 is 0 Å². The molecule has 1 heterocycles. The molecule has 1 N–H and O–H groups in total. The van der Waals surface area contributed by atoms with Crippen LogP contribution in [0.2, 0.25) is 0 Å². The average Bonchev–Trinajstić information content (AvgIpc) is 2.59. The van der Waals surface area contributed by atoms with Crippen LogP contribution in [0.3, 0.4) is 0 Å². The van der Waals surface area contributed by atoms with E-state index in [0.717, 1.165) is 23.9 Å². The number of cyclic esters (lactones) is 1. The van der Waals surface area contributed by atoms with Crippen LogP contribution in [-0.2, 0) is 14.3 Å². The van der Waals surface area contributed by atoms with Gasteiger partial charge in [-0.1, -0.05) is 22.6 Å². The molecule has 2 fully saturated rings. The highest BCUT2D eigenvalue weighted by atomic mass is 127. The molecule has 0 aromatic carbocycles. The summed E-state index contributed by atoms with van der Waals surface area (Å²) in [4.78, 5) is 11.2. The van der Waals surface area contributed by atoms with Gasteiger partial charge in [0.25, 0.3) is 0 Å². The zero-order valence-corrected chi connectivity index (χ0v) is 12.0. The van der Waals surface area contributed by atoms with Crippen molar-refractivity contribution in [3.8, 4) is 0 Å². The zero-order valence-electron chi connectivity index (χ0n) is 9.86. The van der Waals surface area contributed by atoms with Gasteiger partial charge in [-0.2, -0.15) is 0 Å². The Kier molecular flexibility index (Phi) is 4.65. The lowest BCUT2D eigenvalue weighted by molar-refractivity contribution is -0.137. The smallest absolute Gasteiger partial charge is 0.306 e. The predicted octanol–water partition coefficient (Wildman–Crippen LogP) is 1.67. The summed E-state index contributed by atoms with van der Waals surface area (Å²) in [5, 5.41) is 9.90. The van der Waals surface area contributed by atoms with Crippen molar-refractivity contribution < 1.29 is 19.4 Å². The molecule has 1 saturated carbocycles. The summed E-state index contributed by atoms with van der Waals surface area (Å²) in [5.74, 6) is -0.134. The molecule has 1 saturated heterocycles. The Bertz CT molecular complexity index is 284. The van der Waals surface area contributed by atoms with Crippen LogP contribution in [0.4, 0.5) is 0 Å². The Hall–Kier alpha value is 0.120. The normalized spacial score (nSPS) is 37.4. The van der Waals surface area contributed by atoms with Gasteiger partial charge in [-0.3, -0.25) is 4.79 Å². The Morgan fingerprint density at radius 2 is 2.35 bits per heavy atom. The minimum atomic E-state index is -0.358. The maximum Gasteiger partial charge on any atom is 0.306 e. The molecule has 1 aliphatic heterocycles. The van der Waals surface area contributed by atoms with Crippen LogP contribution in [0, 0.1) is 5.41 Å². The van der Waals surface area contributed by atoms with Crippen molar-refractivity contribution in [3.05, 3.63) is 0 Å². The van der Waals surface area contributed by atoms with Crippen molar-refractivity contribution in [2.75, 3.05) is 17.6 Å². The molecule has 2 rings (SSSR count). The summed E-state index contributed by atoms with van der Waals surface area (Å²) in [6.45, 7) is 1.19. The first kappa shape index (κ1) is 13.5. The highest BCUT2D eigenvalue weighted by molar-refractivity contribution is 14.1. The Morgan fingerprint density at radius 1 is 1.53 bits per heavy atom. The van der Waals surface area contributed by atoms with Gasteiger partial charge in [0.05, 0.1) is 25.2 Å². The van der Waals surface area contributed by atoms with E-state index in [-0.39, 0.29) is 23.6 Å². The van der Waals surface area contributed by atoms with E-state index in [9.17, 15) is 9.90 Å². The summed E-state index contributed by atoms with van der Waals surface area (Å²) in [6, 6.07) is 0. The number of hydrogen-bond donors (Lipinski definition) is 1. The third-order valence-corrected chi connectivity index (χ3v) is 4.32. The number of aliphatic hydroxyl groups excluding tert-OH is 1. The second-order valence-corrected chi connectivity index (χ2v) is 6.25. The van der Waals surface area contributed by atoms with E-state index in [0.29, 0.717) is 25.9 Å². The lowest BCUT2D eigenvalue weighted by atomic mass is 9.71. The van der Waals surface area contributed by atoms with Gasteiger partial charge in [-0.15, -0.1) is 0 Å². The number of halogens is 1. The van der Waals surface area contributed by atoms with Crippen LogP contribution >= 0.6 is 22.6 Å². The van der Waals surface area contributed by atoms with E-state index in [1.54, 1.807) is 0 Å².